The van der Waals surface area contributed by atoms with E-state index in [0.717, 1.165) is 0 Å². The molecule has 0 radical (unpaired) electrons. The molecule has 0 rings (SSSR count). The third kappa shape index (κ3) is 6.27. The van der Waals surface area contributed by atoms with E-state index >= 15 is 0 Å². The molecule has 11 nitrogen and oxygen atoms in total. The van der Waals surface area contributed by atoms with Gasteiger partial charge in [0.1, 0.15) is 0 Å². The maximum atomic E-state index is 10.2. The smallest absolute Gasteiger partial charge is 0.337 e. The van der Waals surface area contributed by atoms with Crippen LogP contribution in [0.15, 0.2) is 19.5 Å². The summed E-state index contributed by atoms with van der Waals surface area (Å²) in [5.74, 6) is 0. The van der Waals surface area contributed by atoms with Crippen LogP contribution in [-0.2, 0) is 11.2 Å². The number of hydrogen-bond donors (Lipinski definition) is 0. The number of hydrogen-bond acceptors (Lipinski definition) is 5. The average molecular weight is 196 g/mol. The predicted octanol–water partition coefficient (Wildman–Crippen LogP) is -0.147. The lowest BCUT2D eigenvalue weighted by atomic mass is 12.6. The Hall–Kier alpha value is -1.85. The third-order valence-electron chi connectivity index (χ3n) is 0.359. The standard InChI is InChI=1S/N6O5S/c7-5(8)1-3-12(11)4-2-6(9)10. The molecule has 0 aliphatic carbocycles. The lowest BCUT2D eigenvalue weighted by Crippen LogP contribution is -1.86. The largest absolute Gasteiger partial charge is 0.537 e. The Labute approximate surface area is 66.2 Å². The van der Waals surface area contributed by atoms with Crippen LogP contribution < -0.4 is 0 Å². The molecule has 0 fully saturated rings. The molecule has 12 heavy (non-hydrogen) atoms. The fraction of sp³-hybridized carbons (Fsp3) is 0. The molecule has 0 saturated heterocycles. The van der Waals surface area contributed by atoms with Gasteiger partial charge >= 0.3 is 11.2 Å². The summed E-state index contributed by atoms with van der Waals surface area (Å²) in [6, 6.07) is 0. The predicted molar refractivity (Wildman–Crippen MR) is 31.8 cm³/mol. The van der Waals surface area contributed by atoms with Crippen LogP contribution in [-0.4, -0.2) is 14.3 Å². The summed E-state index contributed by atoms with van der Waals surface area (Å²) in [4.78, 5) is 18.9. The maximum absolute atomic E-state index is 10.2. The van der Waals surface area contributed by atoms with Crippen molar-refractivity contribution in [3.8, 4) is 0 Å². The second-order valence-electron chi connectivity index (χ2n) is 1.05. The molecule has 0 aliphatic rings. The van der Waals surface area contributed by atoms with E-state index in [4.69, 9.17) is 0 Å². The Morgan fingerprint density at radius 2 is 1.33 bits per heavy atom. The van der Waals surface area contributed by atoms with Crippen LogP contribution in [0.2, 0.25) is 0 Å². The van der Waals surface area contributed by atoms with E-state index < -0.39 is 21.2 Å². The van der Waals surface area contributed by atoms with Crippen molar-refractivity contribution >= 4 is 11.2 Å². The van der Waals surface area contributed by atoms with E-state index in [9.17, 15) is 24.4 Å². The summed E-state index contributed by atoms with van der Waals surface area (Å²) >= 11 is -2.53. The summed E-state index contributed by atoms with van der Waals surface area (Å²) in [5.41, 5.74) is 0. The summed E-state index contributed by atoms with van der Waals surface area (Å²) in [6.45, 7) is 0. The van der Waals surface area contributed by atoms with Gasteiger partial charge < -0.3 is 20.2 Å². The quantitative estimate of drug-likeness (QED) is 0.347. The van der Waals surface area contributed by atoms with Crippen molar-refractivity contribution in [1.82, 2.24) is 0 Å². The van der Waals surface area contributed by atoms with Crippen molar-refractivity contribution < 1.29 is 14.3 Å². The van der Waals surface area contributed by atoms with Gasteiger partial charge in [0, 0.05) is 0 Å². The molecule has 0 bridgehead atoms. The fourth-order valence-corrected chi connectivity index (χ4v) is 0.415. The van der Waals surface area contributed by atoms with Crippen LogP contribution in [0.25, 0.3) is 0 Å². The molecule has 0 heterocycles. The van der Waals surface area contributed by atoms with Crippen molar-refractivity contribution in [2.75, 3.05) is 0 Å². The van der Waals surface area contributed by atoms with E-state index in [0.29, 0.717) is 0 Å². The van der Waals surface area contributed by atoms with Crippen LogP contribution in [0.5, 0.6) is 0 Å². The van der Waals surface area contributed by atoms with Gasteiger partial charge in [-0.1, -0.05) is 0 Å². The first-order chi connectivity index (χ1) is 5.52. The molecule has 0 amide bonds. The normalized spacial score (nSPS) is 13.7. The van der Waals surface area contributed by atoms with Gasteiger partial charge in [0.05, 0.1) is 10.1 Å². The molecule has 0 N–H and O–H groups in total. The van der Waals surface area contributed by atoms with Gasteiger partial charge in [-0.3, -0.25) is 0 Å². The Morgan fingerprint density at radius 1 is 1.00 bits per heavy atom. The van der Waals surface area contributed by atoms with Gasteiger partial charge in [0.25, 0.3) is 0 Å². The molecule has 12 heteroatoms. The first kappa shape index (κ1) is 10.2. The number of nitro groups is 2. The van der Waals surface area contributed by atoms with Gasteiger partial charge in [-0.25, -0.2) is 0 Å². The zero-order valence-corrected chi connectivity index (χ0v) is 5.95. The van der Waals surface area contributed by atoms with Crippen molar-refractivity contribution in [1.29, 1.82) is 0 Å². The van der Waals surface area contributed by atoms with E-state index in [1.54, 1.807) is 0 Å². The van der Waals surface area contributed by atoms with Crippen LogP contribution in [0.3, 0.4) is 0 Å². The second-order valence-corrected chi connectivity index (χ2v) is 1.84. The van der Waals surface area contributed by atoms with Crippen molar-refractivity contribution in [3.63, 3.8) is 0 Å². The van der Waals surface area contributed by atoms with Gasteiger partial charge in [-0.15, -0.1) is 0 Å². The Bertz CT molecular complexity index is 239. The molecule has 66 valence electrons. The fourth-order valence-electron chi connectivity index (χ4n) is 0.138. The van der Waals surface area contributed by atoms with Crippen molar-refractivity contribution in [3.05, 3.63) is 20.2 Å². The van der Waals surface area contributed by atoms with Gasteiger partial charge in [-0.05, 0) is 0 Å². The SMILES string of the molecule is O=[N+]([O-])N=NS(=O)N=N[N+](=O)[O-]. The highest BCUT2D eigenvalue weighted by Gasteiger charge is 2.11. The molecule has 0 unspecified atom stereocenters. The van der Waals surface area contributed by atoms with E-state index in [-0.39, 0.29) is 0 Å². The minimum atomic E-state index is -2.53. The highest BCUT2D eigenvalue weighted by Crippen LogP contribution is 1.89. The Balaban J connectivity index is 4.07. The molecule has 0 atom stereocenters. The van der Waals surface area contributed by atoms with E-state index in [1.807, 2.05) is 0 Å². The molecule has 0 saturated carbocycles. The summed E-state index contributed by atoms with van der Waals surface area (Å²) in [7, 11) is 0. The van der Waals surface area contributed by atoms with Gasteiger partial charge in [0.2, 0.25) is 0 Å². The first-order valence-corrected chi connectivity index (χ1v) is 3.13. The van der Waals surface area contributed by atoms with Crippen LogP contribution in [0, 0.1) is 20.2 Å². The Morgan fingerprint density at radius 3 is 1.58 bits per heavy atom. The van der Waals surface area contributed by atoms with E-state index in [1.165, 1.54) is 0 Å². The molecule has 0 aromatic carbocycles. The first-order valence-electron chi connectivity index (χ1n) is 2.06. The number of nitrogens with zero attached hydrogens (tertiary/aromatic N) is 6. The van der Waals surface area contributed by atoms with Crippen LogP contribution in [0.4, 0.5) is 0 Å². The van der Waals surface area contributed by atoms with E-state index in [2.05, 4.69) is 19.5 Å². The minimum absolute atomic E-state index is 1.24. The van der Waals surface area contributed by atoms with Crippen molar-refractivity contribution in [2.45, 2.75) is 0 Å². The van der Waals surface area contributed by atoms with Crippen LogP contribution >= 0.6 is 0 Å². The molecular formula is N6O5S. The lowest BCUT2D eigenvalue weighted by Gasteiger charge is -1.73. The molecule has 0 spiro atoms. The molecular weight excluding hydrogens is 196 g/mol. The molecule has 0 aromatic heterocycles. The lowest BCUT2D eigenvalue weighted by molar-refractivity contribution is -0.493. The average Bonchev–Trinajstić information content (AvgIpc) is 1.96. The topological polar surface area (TPSA) is 153 Å². The summed E-state index contributed by atoms with van der Waals surface area (Å²) < 4.78 is 15.1. The van der Waals surface area contributed by atoms with Gasteiger partial charge in [0.15, 0.2) is 19.5 Å². The third-order valence-corrected chi connectivity index (χ3v) is 0.784. The zero-order chi connectivity index (χ0) is 9.56. The minimum Gasteiger partial charge on any atom is -0.337 e. The highest BCUT2D eigenvalue weighted by molar-refractivity contribution is 7.81. The van der Waals surface area contributed by atoms with Crippen molar-refractivity contribution in [2.24, 2.45) is 19.5 Å². The zero-order valence-electron chi connectivity index (χ0n) is 5.13. The number of rotatable bonds is 4. The van der Waals surface area contributed by atoms with Crippen LogP contribution in [0.1, 0.15) is 0 Å². The molecule has 0 aliphatic heterocycles. The monoisotopic (exact) mass is 196 g/mol. The molecule has 0 aromatic rings. The second kappa shape index (κ2) is 4.89. The van der Waals surface area contributed by atoms with Gasteiger partial charge in [-0.2, -0.15) is 4.21 Å². The summed E-state index contributed by atoms with van der Waals surface area (Å²) in [6.07, 6.45) is 0. The Kier molecular flexibility index (Phi) is 4.13. The summed E-state index contributed by atoms with van der Waals surface area (Å²) in [5, 5.41) is 20.8. The highest BCUT2D eigenvalue weighted by atomic mass is 32.2. The maximum Gasteiger partial charge on any atom is 0.537 e.